The van der Waals surface area contributed by atoms with Crippen molar-refractivity contribution in [2.45, 2.75) is 38.3 Å². The zero-order valence-corrected chi connectivity index (χ0v) is 17.1. The Labute approximate surface area is 172 Å². The molecular formula is C21H28BN7. The van der Waals surface area contributed by atoms with Crippen LogP contribution in [0.1, 0.15) is 31.2 Å². The van der Waals surface area contributed by atoms with Gasteiger partial charge in [-0.3, -0.25) is 4.98 Å². The van der Waals surface area contributed by atoms with Gasteiger partial charge < -0.3 is 15.1 Å². The molecule has 3 aromatic heterocycles. The molecule has 0 spiro atoms. The summed E-state index contributed by atoms with van der Waals surface area (Å²) in [6.07, 6.45) is 10.8. The van der Waals surface area contributed by atoms with Crippen LogP contribution in [0, 0.1) is 0 Å². The monoisotopic (exact) mass is 389 g/mol. The van der Waals surface area contributed by atoms with Crippen LogP contribution in [0.25, 0.3) is 5.65 Å². The second kappa shape index (κ2) is 8.03. The normalized spacial score (nSPS) is 20.0. The fourth-order valence-electron chi connectivity index (χ4n) is 4.62. The molecule has 0 bridgehead atoms. The van der Waals surface area contributed by atoms with Gasteiger partial charge in [0.2, 0.25) is 0 Å². The van der Waals surface area contributed by atoms with Gasteiger partial charge in [-0.05, 0) is 55.9 Å². The van der Waals surface area contributed by atoms with Crippen molar-refractivity contribution in [3.05, 3.63) is 42.4 Å². The minimum atomic E-state index is 0.553. The first-order valence-corrected chi connectivity index (χ1v) is 10.7. The van der Waals surface area contributed by atoms with Crippen molar-refractivity contribution in [3.8, 4) is 0 Å². The third-order valence-electron chi connectivity index (χ3n) is 6.17. The lowest BCUT2D eigenvalue weighted by Crippen LogP contribution is -2.40. The summed E-state index contributed by atoms with van der Waals surface area (Å²) in [5.41, 5.74) is 3.19. The zero-order chi connectivity index (χ0) is 19.6. The first-order valence-electron chi connectivity index (χ1n) is 10.7. The summed E-state index contributed by atoms with van der Waals surface area (Å²) in [4.78, 5) is 14.4. The van der Waals surface area contributed by atoms with Crippen LogP contribution in [0.4, 0.5) is 11.6 Å². The highest BCUT2D eigenvalue weighted by Crippen LogP contribution is 2.28. The number of fused-ring (bicyclic) bond motifs is 1. The molecule has 0 radical (unpaired) electrons. The van der Waals surface area contributed by atoms with E-state index in [2.05, 4.69) is 45.2 Å². The quantitative estimate of drug-likeness (QED) is 0.637. The van der Waals surface area contributed by atoms with Gasteiger partial charge in [-0.15, -0.1) is 0 Å². The summed E-state index contributed by atoms with van der Waals surface area (Å²) in [7, 11) is 2.08. The lowest BCUT2D eigenvalue weighted by molar-refractivity contribution is 0.313. The van der Waals surface area contributed by atoms with E-state index in [0.717, 1.165) is 41.4 Å². The number of likely N-dealkylation sites (tertiary alicyclic amines) is 1. The maximum atomic E-state index is 5.01. The fourth-order valence-corrected chi connectivity index (χ4v) is 4.62. The molecule has 1 atom stereocenters. The summed E-state index contributed by atoms with van der Waals surface area (Å²) in [5.74, 6) is 2.05. The number of hydrogen-bond acceptors (Lipinski definition) is 6. The number of anilines is 2. The topological polar surface area (TPSA) is 61.6 Å². The molecule has 0 saturated carbocycles. The second-order valence-corrected chi connectivity index (χ2v) is 8.27. The van der Waals surface area contributed by atoms with Gasteiger partial charge in [-0.1, -0.05) is 6.07 Å². The van der Waals surface area contributed by atoms with E-state index in [1.807, 2.05) is 23.0 Å². The van der Waals surface area contributed by atoms with Crippen molar-refractivity contribution in [2.24, 2.45) is 0 Å². The highest BCUT2D eigenvalue weighted by atomic mass is 15.3. The molecule has 7 nitrogen and oxygen atoms in total. The summed E-state index contributed by atoms with van der Waals surface area (Å²) in [6, 6.07) is 6.77. The number of nitrogens with one attached hydrogen (secondary N) is 1. The maximum absolute atomic E-state index is 5.01. The van der Waals surface area contributed by atoms with Gasteiger partial charge >= 0.3 is 0 Å². The molecule has 0 amide bonds. The van der Waals surface area contributed by atoms with Crippen LogP contribution in [0.3, 0.4) is 0 Å². The smallest absolute Gasteiger partial charge is 0.153 e. The van der Waals surface area contributed by atoms with Crippen molar-refractivity contribution in [2.75, 3.05) is 36.4 Å². The average Bonchev–Trinajstić information content (AvgIpc) is 3.50. The highest BCUT2D eigenvalue weighted by Gasteiger charge is 2.29. The third-order valence-corrected chi connectivity index (χ3v) is 6.17. The van der Waals surface area contributed by atoms with E-state index in [1.54, 1.807) is 6.20 Å². The van der Waals surface area contributed by atoms with Crippen LogP contribution >= 0.6 is 0 Å². The molecule has 5 rings (SSSR count). The molecule has 1 N–H and O–H groups in total. The van der Waals surface area contributed by atoms with E-state index >= 15 is 0 Å². The van der Waals surface area contributed by atoms with Gasteiger partial charge in [0.05, 0.1) is 0 Å². The largest absolute Gasteiger partial charge is 0.366 e. The molecule has 2 saturated heterocycles. The number of nitrogens with zero attached hydrogens (tertiary/aromatic N) is 6. The van der Waals surface area contributed by atoms with E-state index in [1.165, 1.54) is 38.8 Å². The van der Waals surface area contributed by atoms with Gasteiger partial charge in [-0.25, -0.2) is 4.98 Å². The molecule has 0 unspecified atom stereocenters. The van der Waals surface area contributed by atoms with Crippen molar-refractivity contribution in [1.29, 1.82) is 0 Å². The minimum Gasteiger partial charge on any atom is -0.366 e. The summed E-state index contributed by atoms with van der Waals surface area (Å²) >= 11 is 0. The molecule has 8 heteroatoms. The van der Waals surface area contributed by atoms with Gasteiger partial charge in [0, 0.05) is 50.3 Å². The molecule has 3 aromatic rings. The van der Waals surface area contributed by atoms with Gasteiger partial charge in [0.25, 0.3) is 0 Å². The summed E-state index contributed by atoms with van der Waals surface area (Å²) in [5, 5.41) is 8.10. The molecule has 0 aromatic carbocycles. The Morgan fingerprint density at radius 1 is 1.14 bits per heavy atom. The Morgan fingerprint density at radius 2 is 2.03 bits per heavy atom. The van der Waals surface area contributed by atoms with Crippen LogP contribution in [0.2, 0.25) is 0 Å². The second-order valence-electron chi connectivity index (χ2n) is 8.27. The van der Waals surface area contributed by atoms with Crippen LogP contribution in [0.5, 0.6) is 0 Å². The molecule has 0 aliphatic carbocycles. The van der Waals surface area contributed by atoms with E-state index in [-0.39, 0.29) is 0 Å². The Bertz CT molecular complexity index is 968. The summed E-state index contributed by atoms with van der Waals surface area (Å²) < 4.78 is 1.92. The minimum absolute atomic E-state index is 0.553. The van der Waals surface area contributed by atoms with E-state index < -0.39 is 0 Å². The lowest BCUT2D eigenvalue weighted by atomic mass is 10.0. The first-order chi connectivity index (χ1) is 14.3. The van der Waals surface area contributed by atoms with Crippen molar-refractivity contribution < 1.29 is 0 Å². The Kier molecular flexibility index (Phi) is 5.10. The van der Waals surface area contributed by atoms with Crippen LogP contribution in [-0.4, -0.2) is 64.5 Å². The average molecular weight is 389 g/mol. The van der Waals surface area contributed by atoms with E-state index in [0.29, 0.717) is 12.6 Å². The van der Waals surface area contributed by atoms with Crippen molar-refractivity contribution >= 4 is 30.6 Å². The molecule has 29 heavy (non-hydrogen) atoms. The standard InChI is InChI=1S/C21H28BN7/c22-18-14-25-29-19(24-13-16-5-3-7-23-12-16)11-20(26-21(18)29)28-10-4-6-17(28)15-27-8-1-2-9-27/h3,5,7,11-12,14,17,24H,1-2,4,6,8-10,13,15,22H2/t17-/m1/s1. The highest BCUT2D eigenvalue weighted by molar-refractivity contribution is 6.36. The Balaban J connectivity index is 1.43. The van der Waals surface area contributed by atoms with Gasteiger partial charge in [0.15, 0.2) is 5.65 Å². The Hall–Kier alpha value is -2.61. The number of pyridine rings is 1. The predicted octanol–water partition coefficient (Wildman–Crippen LogP) is 1.06. The SMILES string of the molecule is Bc1cnn2c(NCc3cccnc3)cc(N3CCC[C@@H]3CN3CCCC3)nc12. The van der Waals surface area contributed by atoms with E-state index in [4.69, 9.17) is 4.98 Å². The number of rotatable bonds is 6. The third kappa shape index (κ3) is 3.81. The maximum Gasteiger partial charge on any atom is 0.153 e. The number of aromatic nitrogens is 4. The molecule has 5 heterocycles. The molecule has 2 aliphatic rings. The van der Waals surface area contributed by atoms with Crippen LogP contribution < -0.4 is 15.7 Å². The van der Waals surface area contributed by atoms with Gasteiger partial charge in [-0.2, -0.15) is 9.61 Å². The predicted molar refractivity (Wildman–Crippen MR) is 119 cm³/mol. The van der Waals surface area contributed by atoms with Gasteiger partial charge in [0.1, 0.15) is 19.5 Å². The van der Waals surface area contributed by atoms with E-state index in [9.17, 15) is 0 Å². The summed E-state index contributed by atoms with van der Waals surface area (Å²) in [6.45, 7) is 5.44. The molecular weight excluding hydrogens is 361 g/mol. The van der Waals surface area contributed by atoms with Crippen LogP contribution in [0.15, 0.2) is 36.8 Å². The fraction of sp³-hybridized carbons (Fsp3) is 0.476. The molecule has 2 fully saturated rings. The van der Waals surface area contributed by atoms with Crippen molar-refractivity contribution in [3.63, 3.8) is 0 Å². The molecule has 150 valence electrons. The first kappa shape index (κ1) is 18.4. The van der Waals surface area contributed by atoms with Crippen LogP contribution in [-0.2, 0) is 6.54 Å². The number of hydrogen-bond donors (Lipinski definition) is 1. The molecule has 2 aliphatic heterocycles. The lowest BCUT2D eigenvalue weighted by Gasteiger charge is -2.29. The Morgan fingerprint density at radius 3 is 2.86 bits per heavy atom. The zero-order valence-electron chi connectivity index (χ0n) is 17.1. The van der Waals surface area contributed by atoms with Crippen molar-refractivity contribution in [1.82, 2.24) is 24.5 Å².